The minimum atomic E-state index is -3.20. The van der Waals surface area contributed by atoms with Crippen LogP contribution in [0.2, 0.25) is 0 Å². The van der Waals surface area contributed by atoms with Crippen molar-refractivity contribution >= 4 is 21.8 Å². The predicted molar refractivity (Wildman–Crippen MR) is 81.7 cm³/mol. The molecule has 2 unspecified atom stereocenters. The maximum absolute atomic E-state index is 12.3. The largest absolute Gasteiger partial charge is 0.313 e. The summed E-state index contributed by atoms with van der Waals surface area (Å²) in [6.07, 6.45) is 2.93. The fourth-order valence-electron chi connectivity index (χ4n) is 1.51. The molecule has 0 saturated carbocycles. The van der Waals surface area contributed by atoms with Crippen molar-refractivity contribution in [2.75, 3.05) is 25.6 Å². The second-order valence-corrected chi connectivity index (χ2v) is 8.46. The van der Waals surface area contributed by atoms with Crippen molar-refractivity contribution in [1.29, 1.82) is 0 Å². The molecule has 6 heteroatoms. The lowest BCUT2D eigenvalue weighted by Crippen LogP contribution is -2.45. The normalized spacial score (nSPS) is 16.2. The molecule has 0 radical (unpaired) electrons. The second kappa shape index (κ2) is 8.40. The lowest BCUT2D eigenvalue weighted by atomic mass is 10.3. The molecule has 1 N–H and O–H groups in total. The number of nitrogens with one attached hydrogen (secondary N) is 1. The number of thioether (sulfide) groups is 1. The van der Waals surface area contributed by atoms with Gasteiger partial charge in [0.15, 0.2) is 0 Å². The van der Waals surface area contributed by atoms with Crippen LogP contribution in [0.3, 0.4) is 0 Å². The Morgan fingerprint density at radius 1 is 1.22 bits per heavy atom. The first-order valence-electron chi connectivity index (χ1n) is 6.42. The summed E-state index contributed by atoms with van der Waals surface area (Å²) in [5.74, 6) is 0.986. The Labute approximate surface area is 117 Å². The summed E-state index contributed by atoms with van der Waals surface area (Å²) in [5, 5.41) is 2.79. The summed E-state index contributed by atoms with van der Waals surface area (Å²) < 4.78 is 26.2. The molecular weight excluding hydrogens is 268 g/mol. The van der Waals surface area contributed by atoms with E-state index in [-0.39, 0.29) is 11.3 Å². The standard InChI is InChI=1S/C12H28N2O2S2/c1-10(2)13-9-12(4)18(15,16)14(5)11(3)7-8-17-6/h10-13H,7-9H2,1-6H3. The van der Waals surface area contributed by atoms with Gasteiger partial charge in [0.25, 0.3) is 0 Å². The van der Waals surface area contributed by atoms with E-state index in [9.17, 15) is 8.42 Å². The molecule has 0 rings (SSSR count). The third kappa shape index (κ3) is 5.91. The maximum atomic E-state index is 12.3. The zero-order valence-corrected chi connectivity index (χ0v) is 14.1. The highest BCUT2D eigenvalue weighted by Gasteiger charge is 2.28. The maximum Gasteiger partial charge on any atom is 0.217 e. The van der Waals surface area contributed by atoms with E-state index in [0.717, 1.165) is 12.2 Å². The molecule has 110 valence electrons. The predicted octanol–water partition coefficient (Wildman–Crippen LogP) is 1.78. The molecule has 0 aliphatic heterocycles. The van der Waals surface area contributed by atoms with Crippen molar-refractivity contribution in [2.45, 2.75) is 51.4 Å². The topological polar surface area (TPSA) is 49.4 Å². The zero-order valence-electron chi connectivity index (χ0n) is 12.4. The van der Waals surface area contributed by atoms with Crippen LogP contribution in [0.5, 0.6) is 0 Å². The molecule has 0 aliphatic carbocycles. The number of sulfonamides is 1. The van der Waals surface area contributed by atoms with Crippen molar-refractivity contribution in [3.63, 3.8) is 0 Å². The third-order valence-electron chi connectivity index (χ3n) is 3.08. The highest BCUT2D eigenvalue weighted by molar-refractivity contribution is 7.98. The fourth-order valence-corrected chi connectivity index (χ4v) is 3.57. The van der Waals surface area contributed by atoms with Crippen molar-refractivity contribution in [3.8, 4) is 0 Å². The molecule has 4 nitrogen and oxygen atoms in total. The van der Waals surface area contributed by atoms with Gasteiger partial charge in [-0.2, -0.15) is 11.8 Å². The lowest BCUT2D eigenvalue weighted by Gasteiger charge is -2.28. The van der Waals surface area contributed by atoms with Crippen LogP contribution >= 0.6 is 11.8 Å². The number of hydrogen-bond donors (Lipinski definition) is 1. The van der Waals surface area contributed by atoms with E-state index in [1.807, 2.05) is 27.0 Å². The van der Waals surface area contributed by atoms with Crippen LogP contribution in [-0.2, 0) is 10.0 Å². The Morgan fingerprint density at radius 3 is 2.22 bits per heavy atom. The first-order chi connectivity index (χ1) is 8.23. The van der Waals surface area contributed by atoms with Crippen LogP contribution in [0, 0.1) is 0 Å². The molecule has 2 atom stereocenters. The molecule has 0 spiro atoms. The molecule has 0 bridgehead atoms. The van der Waals surface area contributed by atoms with Crippen LogP contribution in [0.4, 0.5) is 0 Å². The fraction of sp³-hybridized carbons (Fsp3) is 1.00. The summed E-state index contributed by atoms with van der Waals surface area (Å²) >= 11 is 1.75. The molecule has 0 heterocycles. The van der Waals surface area contributed by atoms with Gasteiger partial charge in [-0.3, -0.25) is 0 Å². The molecule has 0 aromatic heterocycles. The molecular formula is C12H28N2O2S2. The summed E-state index contributed by atoms with van der Waals surface area (Å²) in [7, 11) is -1.52. The van der Waals surface area contributed by atoms with Crippen molar-refractivity contribution < 1.29 is 8.42 Å². The van der Waals surface area contributed by atoms with Crippen LogP contribution in [0.15, 0.2) is 0 Å². The quantitative estimate of drug-likeness (QED) is 0.704. The summed E-state index contributed by atoms with van der Waals surface area (Å²) in [5.41, 5.74) is 0. The Kier molecular flexibility index (Phi) is 8.51. The highest BCUT2D eigenvalue weighted by atomic mass is 32.2. The van der Waals surface area contributed by atoms with Crippen LogP contribution < -0.4 is 5.32 Å². The van der Waals surface area contributed by atoms with Gasteiger partial charge >= 0.3 is 0 Å². The van der Waals surface area contributed by atoms with Gasteiger partial charge in [0, 0.05) is 25.7 Å². The smallest absolute Gasteiger partial charge is 0.217 e. The molecule has 0 aromatic carbocycles. The number of rotatable bonds is 9. The summed E-state index contributed by atoms with van der Waals surface area (Å²) in [6, 6.07) is 0.367. The Hall–Kier alpha value is 0.220. The number of nitrogens with zero attached hydrogens (tertiary/aromatic N) is 1. The Bertz CT molecular complexity index is 318. The van der Waals surface area contributed by atoms with Crippen LogP contribution in [0.25, 0.3) is 0 Å². The average Bonchev–Trinajstić information content (AvgIpc) is 2.31. The molecule has 18 heavy (non-hydrogen) atoms. The molecule has 0 aromatic rings. The van der Waals surface area contributed by atoms with Crippen molar-refractivity contribution in [3.05, 3.63) is 0 Å². The van der Waals surface area contributed by atoms with Gasteiger partial charge in [-0.25, -0.2) is 12.7 Å². The molecule has 0 fully saturated rings. The van der Waals surface area contributed by atoms with E-state index in [1.54, 1.807) is 25.7 Å². The van der Waals surface area contributed by atoms with Gasteiger partial charge in [-0.15, -0.1) is 0 Å². The van der Waals surface area contributed by atoms with E-state index in [4.69, 9.17) is 0 Å². The van der Waals surface area contributed by atoms with E-state index < -0.39 is 10.0 Å². The lowest BCUT2D eigenvalue weighted by molar-refractivity contribution is 0.375. The van der Waals surface area contributed by atoms with E-state index in [0.29, 0.717) is 12.6 Å². The second-order valence-electron chi connectivity index (χ2n) is 5.07. The van der Waals surface area contributed by atoms with Crippen LogP contribution in [0.1, 0.15) is 34.1 Å². The van der Waals surface area contributed by atoms with Gasteiger partial charge in [0.1, 0.15) is 0 Å². The monoisotopic (exact) mass is 296 g/mol. The Morgan fingerprint density at radius 2 is 1.78 bits per heavy atom. The summed E-state index contributed by atoms with van der Waals surface area (Å²) in [6.45, 7) is 8.27. The van der Waals surface area contributed by atoms with Gasteiger partial charge in [0.2, 0.25) is 10.0 Å². The molecule has 0 saturated heterocycles. The van der Waals surface area contributed by atoms with E-state index >= 15 is 0 Å². The highest BCUT2D eigenvalue weighted by Crippen LogP contribution is 2.14. The molecule has 0 amide bonds. The SMILES string of the molecule is CSCCC(C)N(C)S(=O)(=O)C(C)CNC(C)C. The van der Waals surface area contributed by atoms with E-state index in [1.165, 1.54) is 4.31 Å². The molecule has 0 aliphatic rings. The minimum Gasteiger partial charge on any atom is -0.313 e. The summed E-state index contributed by atoms with van der Waals surface area (Å²) in [4.78, 5) is 0. The van der Waals surface area contributed by atoms with Crippen molar-refractivity contribution in [1.82, 2.24) is 9.62 Å². The van der Waals surface area contributed by atoms with Gasteiger partial charge in [-0.1, -0.05) is 13.8 Å². The van der Waals surface area contributed by atoms with Gasteiger partial charge in [-0.05, 0) is 32.3 Å². The first kappa shape index (κ1) is 18.2. The van der Waals surface area contributed by atoms with Gasteiger partial charge < -0.3 is 5.32 Å². The zero-order chi connectivity index (χ0) is 14.3. The van der Waals surface area contributed by atoms with Gasteiger partial charge in [0.05, 0.1) is 5.25 Å². The first-order valence-corrected chi connectivity index (χ1v) is 9.32. The number of hydrogen-bond acceptors (Lipinski definition) is 4. The average molecular weight is 297 g/mol. The van der Waals surface area contributed by atoms with E-state index in [2.05, 4.69) is 5.32 Å². The van der Waals surface area contributed by atoms with Crippen LogP contribution in [-0.4, -0.2) is 55.7 Å². The minimum absolute atomic E-state index is 0.0592. The van der Waals surface area contributed by atoms with Crippen molar-refractivity contribution in [2.24, 2.45) is 0 Å². The third-order valence-corrected chi connectivity index (χ3v) is 6.07. The Balaban J connectivity index is 4.50.